The molecule has 4 nitrogen and oxygen atoms in total. The van der Waals surface area contributed by atoms with Crippen molar-refractivity contribution < 1.29 is 14.3 Å². The number of carbonyl (C=O) groups excluding carboxylic acids is 1. The van der Waals surface area contributed by atoms with Crippen molar-refractivity contribution in [1.29, 1.82) is 0 Å². The highest BCUT2D eigenvalue weighted by atomic mass is 27.0. The van der Waals surface area contributed by atoms with Gasteiger partial charge in [-0.05, 0) is 32.3 Å². The van der Waals surface area contributed by atoms with Crippen LogP contribution in [0.1, 0.15) is 35.7 Å². The van der Waals surface area contributed by atoms with Gasteiger partial charge < -0.3 is 14.4 Å². The van der Waals surface area contributed by atoms with E-state index >= 15 is 0 Å². The van der Waals surface area contributed by atoms with Gasteiger partial charge in [0.1, 0.15) is 0 Å². The monoisotopic (exact) mass is 303 g/mol. The highest BCUT2D eigenvalue weighted by molar-refractivity contribution is 6.33. The molecule has 21 heavy (non-hydrogen) atoms. The third-order valence-electron chi connectivity index (χ3n) is 4.09. The molecule has 0 spiro atoms. The lowest BCUT2D eigenvalue weighted by Gasteiger charge is -2.36. The molecule has 1 fully saturated rings. The Balaban J connectivity index is 2.40. The van der Waals surface area contributed by atoms with Crippen molar-refractivity contribution in [2.75, 3.05) is 31.8 Å². The molecule has 0 N–H and O–H groups in total. The van der Waals surface area contributed by atoms with Crippen LogP contribution in [0, 0.1) is 6.92 Å². The molecular weight excluding hydrogens is 281 g/mol. The smallest absolute Gasteiger partial charge is 0.338 e. The van der Waals surface area contributed by atoms with Crippen LogP contribution in [0.2, 0.25) is 0 Å². The lowest BCUT2D eigenvalue weighted by atomic mass is 10.0. The number of carbonyl (C=O) groups is 1. The predicted molar refractivity (Wildman–Crippen MR) is 84.8 cm³/mol. The zero-order valence-electron chi connectivity index (χ0n) is 13.0. The lowest BCUT2D eigenvalue weighted by molar-refractivity contribution is 0.0600. The molecule has 0 bridgehead atoms. The Labute approximate surface area is 134 Å². The normalized spacial score (nSPS) is 15.8. The van der Waals surface area contributed by atoms with E-state index in [4.69, 9.17) is 9.47 Å². The summed E-state index contributed by atoms with van der Waals surface area (Å²) in [5.74, 6) is -0.277. The van der Waals surface area contributed by atoms with Gasteiger partial charge >= 0.3 is 5.97 Å². The summed E-state index contributed by atoms with van der Waals surface area (Å²) >= 11 is 2.68. The van der Waals surface area contributed by atoms with E-state index in [-0.39, 0.29) is 5.97 Å². The maximum Gasteiger partial charge on any atom is 0.338 e. The topological polar surface area (TPSA) is 38.8 Å². The Morgan fingerprint density at radius 1 is 1.43 bits per heavy atom. The summed E-state index contributed by atoms with van der Waals surface area (Å²) in [4.78, 5) is 14.3. The SMILES string of the molecule is CCN(c1c[c]([Al])cc(C(=O)OC)c1C)C1CCOCC1. The second kappa shape index (κ2) is 7.31. The van der Waals surface area contributed by atoms with Gasteiger partial charge in [-0.1, -0.05) is 12.1 Å². The van der Waals surface area contributed by atoms with E-state index < -0.39 is 0 Å². The van der Waals surface area contributed by atoms with Gasteiger partial charge in [-0.25, -0.2) is 4.79 Å². The van der Waals surface area contributed by atoms with E-state index in [9.17, 15) is 4.79 Å². The van der Waals surface area contributed by atoms with Gasteiger partial charge in [0.2, 0.25) is 0 Å². The van der Waals surface area contributed by atoms with E-state index in [1.165, 1.54) is 7.11 Å². The molecule has 1 aromatic carbocycles. The number of nitrogens with zero attached hydrogens (tertiary/aromatic N) is 1. The van der Waals surface area contributed by atoms with E-state index in [2.05, 4.69) is 34.2 Å². The average Bonchev–Trinajstić information content (AvgIpc) is 2.51. The number of rotatable bonds is 4. The third-order valence-corrected chi connectivity index (χ3v) is 4.42. The molecular formula is C16H22AlNO3. The first kappa shape index (κ1) is 16.4. The Morgan fingerprint density at radius 3 is 2.67 bits per heavy atom. The van der Waals surface area contributed by atoms with Crippen molar-refractivity contribution in [1.82, 2.24) is 0 Å². The van der Waals surface area contributed by atoms with Crippen molar-refractivity contribution in [3.8, 4) is 0 Å². The summed E-state index contributed by atoms with van der Waals surface area (Å²) < 4.78 is 11.4. The van der Waals surface area contributed by atoms with Crippen molar-refractivity contribution >= 4 is 32.4 Å². The minimum atomic E-state index is -0.277. The number of anilines is 1. The molecule has 1 aliphatic heterocycles. The summed E-state index contributed by atoms with van der Waals surface area (Å²) in [7, 11) is 1.42. The molecule has 1 aliphatic rings. The molecule has 0 amide bonds. The highest BCUT2D eigenvalue weighted by Crippen LogP contribution is 2.27. The standard InChI is InChI=1S/C16H22NO3.Al/c1-4-17(13-8-10-20-11-9-13)15-7-5-6-14(12(15)2)16(18)19-3;/h6-7,13H,4,8-11H2,1-3H3;. The minimum Gasteiger partial charge on any atom is -0.465 e. The maximum atomic E-state index is 12.0. The number of benzene rings is 1. The van der Waals surface area contributed by atoms with E-state index in [1.54, 1.807) is 0 Å². The van der Waals surface area contributed by atoms with Crippen molar-refractivity contribution in [3.05, 3.63) is 23.3 Å². The van der Waals surface area contributed by atoms with Crippen molar-refractivity contribution in [3.63, 3.8) is 0 Å². The molecule has 0 saturated carbocycles. The highest BCUT2D eigenvalue weighted by Gasteiger charge is 2.23. The van der Waals surface area contributed by atoms with Crippen LogP contribution >= 0.6 is 0 Å². The largest absolute Gasteiger partial charge is 0.465 e. The van der Waals surface area contributed by atoms with Crippen LogP contribution in [0.4, 0.5) is 5.69 Å². The fourth-order valence-electron chi connectivity index (χ4n) is 2.96. The van der Waals surface area contributed by atoms with Crippen LogP contribution in [0.5, 0.6) is 0 Å². The maximum absolute atomic E-state index is 12.0. The molecule has 1 aromatic rings. The molecule has 0 aromatic heterocycles. The van der Waals surface area contributed by atoms with Gasteiger partial charge in [-0.15, -0.1) is 4.43 Å². The average molecular weight is 303 g/mol. The fraction of sp³-hybridized carbons (Fsp3) is 0.562. The van der Waals surface area contributed by atoms with Gasteiger partial charge in [-0.2, -0.15) is 0 Å². The van der Waals surface area contributed by atoms with Gasteiger partial charge in [-0.3, -0.25) is 0 Å². The number of ether oxygens (including phenoxy) is 2. The number of methoxy groups -OCH3 is 1. The first-order chi connectivity index (χ1) is 10.1. The summed E-state index contributed by atoms with van der Waals surface area (Å²) in [6.07, 6.45) is 2.06. The first-order valence-corrected chi connectivity index (χ1v) is 7.99. The second-order valence-corrected chi connectivity index (χ2v) is 6.00. The lowest BCUT2D eigenvalue weighted by Crippen LogP contribution is -2.40. The van der Waals surface area contributed by atoms with Gasteiger partial charge in [0.25, 0.3) is 0 Å². The zero-order chi connectivity index (χ0) is 15.4. The van der Waals surface area contributed by atoms with Crippen molar-refractivity contribution in [2.45, 2.75) is 32.7 Å². The molecule has 2 rings (SSSR count). The summed E-state index contributed by atoms with van der Waals surface area (Å²) in [6, 6.07) is 4.47. The molecule has 0 unspecified atom stereocenters. The van der Waals surface area contributed by atoms with Crippen LogP contribution in [0.3, 0.4) is 0 Å². The summed E-state index contributed by atoms with van der Waals surface area (Å²) in [5, 5.41) is 0. The Hall–Kier alpha value is -1.02. The molecule has 5 heteroatoms. The zero-order valence-corrected chi connectivity index (χ0v) is 14.2. The Morgan fingerprint density at radius 2 is 2.10 bits per heavy atom. The molecule has 0 atom stereocenters. The molecule has 112 valence electrons. The van der Waals surface area contributed by atoms with Crippen LogP contribution in [-0.2, 0) is 9.47 Å². The van der Waals surface area contributed by atoms with Crippen LogP contribution in [0.15, 0.2) is 12.1 Å². The van der Waals surface area contributed by atoms with Crippen LogP contribution < -0.4 is 9.33 Å². The predicted octanol–water partition coefficient (Wildman–Crippen LogP) is 1.58. The van der Waals surface area contributed by atoms with Crippen LogP contribution in [-0.4, -0.2) is 55.2 Å². The van der Waals surface area contributed by atoms with Gasteiger partial charge in [0, 0.05) is 31.5 Å². The fourth-order valence-corrected chi connectivity index (χ4v) is 3.29. The van der Waals surface area contributed by atoms with Gasteiger partial charge in [0.05, 0.1) is 12.7 Å². The molecule has 1 saturated heterocycles. The van der Waals surface area contributed by atoms with Gasteiger partial charge in [0.15, 0.2) is 16.3 Å². The third kappa shape index (κ3) is 3.60. The Kier molecular flexibility index (Phi) is 5.69. The summed E-state index contributed by atoms with van der Waals surface area (Å²) in [5.41, 5.74) is 2.75. The second-order valence-electron chi connectivity index (χ2n) is 5.33. The van der Waals surface area contributed by atoms with Crippen LogP contribution in [0.25, 0.3) is 0 Å². The number of hydrogen-bond acceptors (Lipinski definition) is 4. The van der Waals surface area contributed by atoms with E-state index in [0.29, 0.717) is 11.6 Å². The van der Waals surface area contributed by atoms with E-state index in [0.717, 1.165) is 48.3 Å². The number of hydrogen-bond donors (Lipinski definition) is 0. The van der Waals surface area contributed by atoms with E-state index in [1.807, 2.05) is 13.0 Å². The molecule has 0 aliphatic carbocycles. The first-order valence-electron chi connectivity index (χ1n) is 7.41. The Bertz CT molecular complexity index is 512. The summed E-state index contributed by atoms with van der Waals surface area (Å²) in [6.45, 7) is 6.69. The molecule has 1 heterocycles. The van der Waals surface area contributed by atoms with Crippen molar-refractivity contribution in [2.24, 2.45) is 0 Å². The minimum absolute atomic E-state index is 0.277. The quantitative estimate of drug-likeness (QED) is 0.625. The molecule has 2 radical (unpaired) electrons. The number of esters is 1.